The number of anilines is 1. The van der Waals surface area contributed by atoms with Crippen LogP contribution in [0.25, 0.3) is 11.4 Å². The second kappa shape index (κ2) is 6.58. The van der Waals surface area contributed by atoms with Gasteiger partial charge in [-0.15, -0.1) is 0 Å². The van der Waals surface area contributed by atoms with Crippen LogP contribution in [0.4, 0.5) is 10.2 Å². The molecule has 1 N–H and O–H groups in total. The lowest BCUT2D eigenvalue weighted by Gasteiger charge is -2.07. The van der Waals surface area contributed by atoms with Gasteiger partial charge in [0.2, 0.25) is 0 Å². The van der Waals surface area contributed by atoms with Crippen LogP contribution in [0.1, 0.15) is 11.3 Å². The minimum absolute atomic E-state index is 0.208. The number of rotatable bonds is 4. The topological polar surface area (TPSA) is 87.4 Å². The second-order valence-corrected chi connectivity index (χ2v) is 4.63. The fourth-order valence-electron chi connectivity index (χ4n) is 1.94. The third-order valence-electron chi connectivity index (χ3n) is 3.05. The Morgan fingerprint density at radius 1 is 1.17 bits per heavy atom. The van der Waals surface area contributed by atoms with Crippen LogP contribution in [0.15, 0.2) is 49.1 Å². The molecule has 0 aromatic carbocycles. The predicted octanol–water partition coefficient (Wildman–Crippen LogP) is 2.56. The lowest BCUT2D eigenvalue weighted by molar-refractivity contribution is 0.602. The van der Waals surface area contributed by atoms with E-state index in [4.69, 9.17) is 5.26 Å². The van der Waals surface area contributed by atoms with Crippen molar-refractivity contribution in [2.45, 2.75) is 6.54 Å². The van der Waals surface area contributed by atoms with E-state index in [0.717, 1.165) is 0 Å². The molecule has 0 radical (unpaired) electrons. The van der Waals surface area contributed by atoms with Crippen molar-refractivity contribution < 1.29 is 4.39 Å². The molecular formula is C16H11FN6. The normalized spacial score (nSPS) is 10.1. The Morgan fingerprint density at radius 2 is 2.09 bits per heavy atom. The second-order valence-electron chi connectivity index (χ2n) is 4.63. The van der Waals surface area contributed by atoms with Gasteiger partial charge in [-0.2, -0.15) is 5.26 Å². The van der Waals surface area contributed by atoms with Crippen molar-refractivity contribution in [3.63, 3.8) is 0 Å². The molecule has 3 heterocycles. The summed E-state index contributed by atoms with van der Waals surface area (Å²) in [5.41, 5.74) is 1.37. The average molecular weight is 306 g/mol. The highest BCUT2D eigenvalue weighted by Gasteiger charge is 2.06. The van der Waals surface area contributed by atoms with Crippen LogP contribution >= 0.6 is 0 Å². The summed E-state index contributed by atoms with van der Waals surface area (Å²) >= 11 is 0. The van der Waals surface area contributed by atoms with Crippen LogP contribution in [-0.2, 0) is 6.54 Å². The van der Waals surface area contributed by atoms with Gasteiger partial charge < -0.3 is 5.32 Å². The predicted molar refractivity (Wildman–Crippen MR) is 81.5 cm³/mol. The summed E-state index contributed by atoms with van der Waals surface area (Å²) in [5, 5.41) is 11.9. The Balaban J connectivity index is 1.80. The molecule has 0 fully saturated rings. The first kappa shape index (κ1) is 14.5. The fourth-order valence-corrected chi connectivity index (χ4v) is 1.94. The minimum Gasteiger partial charge on any atom is -0.364 e. The SMILES string of the molecule is N#Cc1cncc(-c2nccc(NCc3ncccc3F)n2)c1. The molecule has 7 heteroatoms. The summed E-state index contributed by atoms with van der Waals surface area (Å²) in [4.78, 5) is 16.5. The molecule has 0 bridgehead atoms. The van der Waals surface area contributed by atoms with E-state index in [9.17, 15) is 4.39 Å². The molecule has 6 nitrogen and oxygen atoms in total. The van der Waals surface area contributed by atoms with E-state index in [0.29, 0.717) is 28.5 Å². The number of nitriles is 1. The Kier molecular flexibility index (Phi) is 4.16. The summed E-state index contributed by atoms with van der Waals surface area (Å²) in [7, 11) is 0. The van der Waals surface area contributed by atoms with Gasteiger partial charge in [0.1, 0.15) is 17.7 Å². The average Bonchev–Trinajstić information content (AvgIpc) is 2.61. The zero-order valence-electron chi connectivity index (χ0n) is 11.9. The van der Waals surface area contributed by atoms with Gasteiger partial charge in [-0.3, -0.25) is 9.97 Å². The van der Waals surface area contributed by atoms with Crippen LogP contribution < -0.4 is 5.32 Å². The van der Waals surface area contributed by atoms with Crippen molar-refractivity contribution in [2.24, 2.45) is 0 Å². The van der Waals surface area contributed by atoms with Gasteiger partial charge >= 0.3 is 0 Å². The summed E-state index contributed by atoms with van der Waals surface area (Å²) in [6, 6.07) is 8.24. The van der Waals surface area contributed by atoms with Crippen molar-refractivity contribution in [2.75, 3.05) is 5.32 Å². The van der Waals surface area contributed by atoms with E-state index in [2.05, 4.69) is 25.3 Å². The van der Waals surface area contributed by atoms with Crippen molar-refractivity contribution in [3.05, 3.63) is 66.1 Å². The minimum atomic E-state index is -0.375. The molecule has 0 spiro atoms. The number of hydrogen-bond donors (Lipinski definition) is 1. The zero-order chi connectivity index (χ0) is 16.1. The van der Waals surface area contributed by atoms with E-state index in [-0.39, 0.29) is 12.4 Å². The maximum Gasteiger partial charge on any atom is 0.163 e. The van der Waals surface area contributed by atoms with Gasteiger partial charge in [0.15, 0.2) is 5.82 Å². The lowest BCUT2D eigenvalue weighted by atomic mass is 10.2. The van der Waals surface area contributed by atoms with Crippen molar-refractivity contribution >= 4 is 5.82 Å². The molecule has 3 rings (SSSR count). The summed E-state index contributed by atoms with van der Waals surface area (Å²) in [6.07, 6.45) is 6.16. The largest absolute Gasteiger partial charge is 0.364 e. The molecule has 0 saturated carbocycles. The third-order valence-corrected chi connectivity index (χ3v) is 3.05. The van der Waals surface area contributed by atoms with Gasteiger partial charge in [-0.05, 0) is 24.3 Å². The third kappa shape index (κ3) is 3.44. The van der Waals surface area contributed by atoms with Gasteiger partial charge in [0.05, 0.1) is 17.8 Å². The van der Waals surface area contributed by atoms with Crippen molar-refractivity contribution in [1.82, 2.24) is 19.9 Å². The smallest absolute Gasteiger partial charge is 0.163 e. The standard InChI is InChI=1S/C16H11FN6/c17-13-2-1-4-20-14(13)10-22-15-3-5-21-16(23-15)12-6-11(7-18)8-19-9-12/h1-6,8-9H,10H2,(H,21,22,23). The zero-order valence-corrected chi connectivity index (χ0v) is 11.9. The molecule has 0 aliphatic carbocycles. The van der Waals surface area contributed by atoms with Crippen LogP contribution in [0, 0.1) is 17.1 Å². The fraction of sp³-hybridized carbons (Fsp3) is 0.0625. The van der Waals surface area contributed by atoms with Gasteiger partial charge in [0, 0.05) is 30.4 Å². The molecule has 0 atom stereocenters. The van der Waals surface area contributed by atoms with E-state index in [1.165, 1.54) is 24.5 Å². The quantitative estimate of drug-likeness (QED) is 0.797. The molecule has 0 amide bonds. The number of pyridine rings is 2. The first-order chi connectivity index (χ1) is 11.3. The molecule has 3 aromatic heterocycles. The Hall–Kier alpha value is -3.40. The molecule has 0 aliphatic rings. The number of hydrogen-bond acceptors (Lipinski definition) is 6. The monoisotopic (exact) mass is 306 g/mol. The van der Waals surface area contributed by atoms with Crippen molar-refractivity contribution in [1.29, 1.82) is 5.26 Å². The van der Waals surface area contributed by atoms with E-state index in [1.54, 1.807) is 24.5 Å². The van der Waals surface area contributed by atoms with E-state index < -0.39 is 0 Å². The molecule has 112 valence electrons. The Bertz CT molecular complexity index is 874. The van der Waals surface area contributed by atoms with Gasteiger partial charge in [-0.25, -0.2) is 14.4 Å². The van der Waals surface area contributed by atoms with E-state index in [1.807, 2.05) is 6.07 Å². The maximum atomic E-state index is 13.5. The van der Waals surface area contributed by atoms with E-state index >= 15 is 0 Å². The van der Waals surface area contributed by atoms with Gasteiger partial charge in [0.25, 0.3) is 0 Å². The highest BCUT2D eigenvalue weighted by molar-refractivity contribution is 5.57. The number of halogens is 1. The van der Waals surface area contributed by atoms with Crippen LogP contribution in [0.3, 0.4) is 0 Å². The summed E-state index contributed by atoms with van der Waals surface area (Å²) < 4.78 is 13.5. The van der Waals surface area contributed by atoms with Crippen LogP contribution in [-0.4, -0.2) is 19.9 Å². The first-order valence-corrected chi connectivity index (χ1v) is 6.78. The number of nitrogens with one attached hydrogen (secondary N) is 1. The van der Waals surface area contributed by atoms with Crippen LogP contribution in [0.5, 0.6) is 0 Å². The molecule has 0 aliphatic heterocycles. The van der Waals surface area contributed by atoms with Crippen molar-refractivity contribution in [3.8, 4) is 17.5 Å². The first-order valence-electron chi connectivity index (χ1n) is 6.78. The molecule has 0 unspecified atom stereocenters. The number of nitrogens with zero attached hydrogens (tertiary/aromatic N) is 5. The molecule has 0 saturated heterocycles. The highest BCUT2D eigenvalue weighted by atomic mass is 19.1. The lowest BCUT2D eigenvalue weighted by Crippen LogP contribution is -2.06. The number of aromatic nitrogens is 4. The maximum absolute atomic E-state index is 13.5. The Morgan fingerprint density at radius 3 is 2.91 bits per heavy atom. The summed E-state index contributed by atoms with van der Waals surface area (Å²) in [5.74, 6) is 0.587. The van der Waals surface area contributed by atoms with Crippen LogP contribution in [0.2, 0.25) is 0 Å². The highest BCUT2D eigenvalue weighted by Crippen LogP contribution is 2.16. The molecule has 3 aromatic rings. The molecular weight excluding hydrogens is 295 g/mol. The van der Waals surface area contributed by atoms with Gasteiger partial charge in [-0.1, -0.05) is 0 Å². The Labute approximate surface area is 131 Å². The molecule has 23 heavy (non-hydrogen) atoms. The summed E-state index contributed by atoms with van der Waals surface area (Å²) in [6.45, 7) is 0.208.